The Kier molecular flexibility index (Phi) is 3.38. The first-order valence-corrected chi connectivity index (χ1v) is 8.32. The van der Waals surface area contributed by atoms with E-state index >= 15 is 0 Å². The molecule has 2 aromatic rings. The number of fused-ring (bicyclic) bond motifs is 3. The van der Waals surface area contributed by atoms with Crippen LogP contribution in [0.15, 0.2) is 60.2 Å². The first-order chi connectivity index (χ1) is 11.6. The van der Waals surface area contributed by atoms with Gasteiger partial charge < -0.3 is 14.9 Å². The van der Waals surface area contributed by atoms with Gasteiger partial charge in [-0.3, -0.25) is 0 Å². The molecule has 1 aliphatic carbocycles. The fraction of sp³-hybridized carbons (Fsp3) is 0.238. The van der Waals surface area contributed by atoms with E-state index in [-0.39, 0.29) is 16.9 Å². The molecule has 0 radical (unpaired) electrons. The quantitative estimate of drug-likeness (QED) is 0.872. The van der Waals surface area contributed by atoms with Crippen molar-refractivity contribution in [3.05, 3.63) is 71.3 Å². The van der Waals surface area contributed by atoms with Crippen LogP contribution in [-0.4, -0.2) is 16.8 Å². The number of rotatable bonds is 3. The molecule has 122 valence electrons. The van der Waals surface area contributed by atoms with Gasteiger partial charge in [0.2, 0.25) is 0 Å². The lowest BCUT2D eigenvalue weighted by atomic mass is 9.78. The molecule has 1 aliphatic heterocycles. The van der Waals surface area contributed by atoms with E-state index in [9.17, 15) is 10.2 Å². The van der Waals surface area contributed by atoms with Crippen molar-refractivity contribution in [1.29, 1.82) is 0 Å². The van der Waals surface area contributed by atoms with Crippen LogP contribution in [0, 0.1) is 0 Å². The normalized spacial score (nSPS) is 21.4. The van der Waals surface area contributed by atoms with Gasteiger partial charge in [0.1, 0.15) is 12.4 Å². The summed E-state index contributed by atoms with van der Waals surface area (Å²) in [4.78, 5) is 0. The van der Waals surface area contributed by atoms with Crippen LogP contribution in [0.4, 0.5) is 0 Å². The largest absolute Gasteiger partial charge is 0.508 e. The maximum atomic E-state index is 10.1. The Balaban J connectivity index is 1.87. The van der Waals surface area contributed by atoms with E-state index in [0.717, 1.165) is 29.6 Å². The second-order valence-electron chi connectivity index (χ2n) is 6.51. The lowest BCUT2D eigenvalue weighted by molar-refractivity contribution is 0.324. The number of phenolic OH excluding ortho intramolecular Hbond substituents is 2. The fourth-order valence-electron chi connectivity index (χ4n) is 3.83. The summed E-state index contributed by atoms with van der Waals surface area (Å²) in [7, 11) is 0. The molecule has 0 bridgehead atoms. The highest BCUT2D eigenvalue weighted by Crippen LogP contribution is 2.50. The summed E-state index contributed by atoms with van der Waals surface area (Å²) in [6.07, 6.45) is 6.60. The molecule has 3 nitrogen and oxygen atoms in total. The summed E-state index contributed by atoms with van der Waals surface area (Å²) >= 11 is 0. The molecule has 4 rings (SSSR count). The van der Waals surface area contributed by atoms with Gasteiger partial charge in [0, 0.05) is 11.0 Å². The van der Waals surface area contributed by atoms with Crippen molar-refractivity contribution in [2.75, 3.05) is 6.61 Å². The number of allylic oxidation sites excluding steroid dienone is 2. The molecule has 0 saturated carbocycles. The topological polar surface area (TPSA) is 49.7 Å². The first kappa shape index (κ1) is 14.9. The lowest BCUT2D eigenvalue weighted by Crippen LogP contribution is -2.19. The molecule has 2 N–H and O–H groups in total. The maximum Gasteiger partial charge on any atom is 0.169 e. The average molecular weight is 320 g/mol. The molecule has 0 saturated heterocycles. The monoisotopic (exact) mass is 320 g/mol. The van der Waals surface area contributed by atoms with E-state index < -0.39 is 0 Å². The number of hydrogen-bond acceptors (Lipinski definition) is 3. The van der Waals surface area contributed by atoms with E-state index in [1.165, 1.54) is 5.56 Å². The highest BCUT2D eigenvalue weighted by Gasteiger charge is 2.36. The summed E-state index contributed by atoms with van der Waals surface area (Å²) in [5, 5.41) is 19.7. The smallest absolute Gasteiger partial charge is 0.169 e. The number of para-hydroxylation sites is 1. The van der Waals surface area contributed by atoms with Gasteiger partial charge in [-0.05, 0) is 41.3 Å². The van der Waals surface area contributed by atoms with Crippen molar-refractivity contribution in [3.63, 3.8) is 0 Å². The summed E-state index contributed by atoms with van der Waals surface area (Å²) in [5.74, 6) is 1.03. The van der Waals surface area contributed by atoms with Gasteiger partial charge in [-0.1, -0.05) is 49.8 Å². The average Bonchev–Trinajstić information content (AvgIpc) is 2.96. The maximum absolute atomic E-state index is 10.1. The third-order valence-corrected chi connectivity index (χ3v) is 4.90. The van der Waals surface area contributed by atoms with Crippen molar-refractivity contribution in [1.82, 2.24) is 0 Å². The van der Waals surface area contributed by atoms with E-state index in [2.05, 4.69) is 19.1 Å². The van der Waals surface area contributed by atoms with Gasteiger partial charge in [0.15, 0.2) is 11.5 Å². The van der Waals surface area contributed by atoms with E-state index in [1.54, 1.807) is 18.2 Å². The van der Waals surface area contributed by atoms with Crippen molar-refractivity contribution in [3.8, 4) is 17.2 Å². The molecular weight excluding hydrogens is 300 g/mol. The summed E-state index contributed by atoms with van der Waals surface area (Å²) < 4.78 is 5.80. The second kappa shape index (κ2) is 5.45. The van der Waals surface area contributed by atoms with Gasteiger partial charge in [-0.25, -0.2) is 0 Å². The minimum Gasteiger partial charge on any atom is -0.508 e. The van der Waals surface area contributed by atoms with E-state index in [1.807, 2.05) is 24.3 Å². The number of benzene rings is 2. The van der Waals surface area contributed by atoms with Crippen LogP contribution in [-0.2, 0) is 5.41 Å². The van der Waals surface area contributed by atoms with Gasteiger partial charge >= 0.3 is 0 Å². The second-order valence-corrected chi connectivity index (χ2v) is 6.51. The van der Waals surface area contributed by atoms with Crippen molar-refractivity contribution in [2.45, 2.75) is 25.2 Å². The molecule has 24 heavy (non-hydrogen) atoms. The van der Waals surface area contributed by atoms with Crippen LogP contribution < -0.4 is 4.74 Å². The predicted molar refractivity (Wildman–Crippen MR) is 94.4 cm³/mol. The van der Waals surface area contributed by atoms with E-state index in [4.69, 9.17) is 4.74 Å². The summed E-state index contributed by atoms with van der Waals surface area (Å²) in [6.45, 7) is 2.65. The fourth-order valence-corrected chi connectivity index (χ4v) is 3.83. The van der Waals surface area contributed by atoms with Crippen LogP contribution in [0.25, 0.3) is 5.57 Å². The first-order valence-electron chi connectivity index (χ1n) is 8.32. The molecule has 0 amide bonds. The van der Waals surface area contributed by atoms with Gasteiger partial charge in [-0.2, -0.15) is 0 Å². The highest BCUT2D eigenvalue weighted by molar-refractivity contribution is 5.89. The van der Waals surface area contributed by atoms with Crippen molar-refractivity contribution >= 4 is 5.57 Å². The molecule has 0 fully saturated rings. The third-order valence-electron chi connectivity index (χ3n) is 4.90. The Morgan fingerprint density at radius 1 is 1.04 bits per heavy atom. The molecule has 0 spiro atoms. The minimum absolute atomic E-state index is 0.185. The Morgan fingerprint density at radius 3 is 2.58 bits per heavy atom. The molecule has 0 aromatic heterocycles. The van der Waals surface area contributed by atoms with Crippen molar-refractivity contribution in [2.24, 2.45) is 0 Å². The molecule has 2 aromatic carbocycles. The van der Waals surface area contributed by atoms with Crippen LogP contribution in [0.2, 0.25) is 0 Å². The van der Waals surface area contributed by atoms with Crippen LogP contribution in [0.1, 0.15) is 30.9 Å². The lowest BCUT2D eigenvalue weighted by Gasteiger charge is -2.25. The Morgan fingerprint density at radius 2 is 1.83 bits per heavy atom. The SMILES string of the molecule is CCCC1(c2ccc(O)cc2)C=C2COc3c(O)cccc3C2=C1. The Labute approximate surface area is 141 Å². The minimum atomic E-state index is -0.191. The molecule has 3 heteroatoms. The molecule has 2 aliphatic rings. The Hall–Kier alpha value is -2.68. The Bertz CT molecular complexity index is 846. The molecule has 1 heterocycles. The summed E-state index contributed by atoms with van der Waals surface area (Å²) in [6, 6.07) is 12.9. The van der Waals surface area contributed by atoms with Crippen LogP contribution in [0.3, 0.4) is 0 Å². The zero-order chi connectivity index (χ0) is 16.7. The van der Waals surface area contributed by atoms with Crippen molar-refractivity contribution < 1.29 is 14.9 Å². The molecular formula is C21H20O3. The predicted octanol–water partition coefficient (Wildman–Crippen LogP) is 4.55. The number of aromatic hydroxyl groups is 2. The van der Waals surface area contributed by atoms with Crippen LogP contribution >= 0.6 is 0 Å². The zero-order valence-electron chi connectivity index (χ0n) is 13.6. The third kappa shape index (κ3) is 2.20. The summed E-state index contributed by atoms with van der Waals surface area (Å²) in [5.41, 5.74) is 4.23. The number of ether oxygens (including phenoxy) is 1. The zero-order valence-corrected chi connectivity index (χ0v) is 13.6. The number of phenols is 2. The number of hydrogen-bond donors (Lipinski definition) is 2. The molecule has 1 atom stereocenters. The van der Waals surface area contributed by atoms with Crippen LogP contribution in [0.5, 0.6) is 17.2 Å². The standard InChI is InChI=1S/C21H20O3/c1-2-10-21(15-6-8-16(22)9-7-15)11-14-13-24-20-17(18(14)12-21)4-3-5-19(20)23/h3-9,11-12,22-23H,2,10,13H2,1H3. The van der Waals surface area contributed by atoms with E-state index in [0.29, 0.717) is 12.4 Å². The highest BCUT2D eigenvalue weighted by atomic mass is 16.5. The molecule has 1 unspecified atom stereocenters. The van der Waals surface area contributed by atoms with Gasteiger partial charge in [-0.15, -0.1) is 0 Å². The van der Waals surface area contributed by atoms with Gasteiger partial charge in [0.05, 0.1) is 0 Å². The van der Waals surface area contributed by atoms with Gasteiger partial charge in [0.25, 0.3) is 0 Å².